The van der Waals surface area contributed by atoms with Crippen LogP contribution in [-0.2, 0) is 0 Å². The molecule has 4 nitrogen and oxygen atoms in total. The molecule has 0 N–H and O–H groups in total. The van der Waals surface area contributed by atoms with E-state index in [1.54, 1.807) is 0 Å². The summed E-state index contributed by atoms with van der Waals surface area (Å²) in [6.07, 6.45) is 0. The van der Waals surface area contributed by atoms with E-state index < -0.39 is 0 Å². The zero-order valence-electron chi connectivity index (χ0n) is 16.2. The van der Waals surface area contributed by atoms with Crippen LogP contribution in [0, 0.1) is 26.0 Å². The molecular weight excluding hydrogens is 346 g/mol. The SMILES string of the molecule is Cc1ccc(-c2nn[n+]([O-])c(-c3ccc(C)cc3)c2-c2ccc(C)cc2)cc1. The van der Waals surface area contributed by atoms with Crippen LogP contribution >= 0.6 is 0 Å². The number of hydrogen-bond donors (Lipinski definition) is 0. The van der Waals surface area contributed by atoms with E-state index in [4.69, 9.17) is 0 Å². The molecule has 1 aromatic heterocycles. The topological polar surface area (TPSA) is 52.7 Å². The predicted octanol–water partition coefficient (Wildman–Crippen LogP) is 5.04. The van der Waals surface area contributed by atoms with Crippen LogP contribution in [0.3, 0.4) is 0 Å². The molecule has 0 amide bonds. The summed E-state index contributed by atoms with van der Waals surface area (Å²) in [4.78, 5) is 0.623. The minimum atomic E-state index is 0.509. The van der Waals surface area contributed by atoms with Crippen molar-refractivity contribution in [3.8, 4) is 33.6 Å². The average molecular weight is 367 g/mol. The highest BCUT2D eigenvalue weighted by molar-refractivity contribution is 5.89. The number of aryl methyl sites for hydroxylation is 3. The highest BCUT2D eigenvalue weighted by atomic mass is 16.5. The Labute approximate surface area is 164 Å². The van der Waals surface area contributed by atoms with Crippen molar-refractivity contribution in [2.45, 2.75) is 20.8 Å². The Balaban J connectivity index is 2.04. The third-order valence-electron chi connectivity index (χ3n) is 4.88. The molecular formula is C24H21N3O. The minimum Gasteiger partial charge on any atom is -0.691 e. The standard InChI is InChI=1S/C24H21N3O/c1-16-4-10-19(11-5-16)22-23(20-12-6-17(2)7-13-20)25-26-27(28)24(22)21-14-8-18(3)9-15-21/h4-15H,1-3H3. The molecule has 0 bridgehead atoms. The summed E-state index contributed by atoms with van der Waals surface area (Å²) in [6, 6.07) is 24.2. The lowest BCUT2D eigenvalue weighted by Crippen LogP contribution is -2.36. The molecule has 0 aliphatic carbocycles. The second kappa shape index (κ2) is 7.24. The molecule has 138 valence electrons. The van der Waals surface area contributed by atoms with Gasteiger partial charge in [0, 0.05) is 11.1 Å². The van der Waals surface area contributed by atoms with Gasteiger partial charge in [-0.1, -0.05) is 89.5 Å². The molecule has 1 heterocycles. The summed E-state index contributed by atoms with van der Waals surface area (Å²) in [5, 5.41) is 20.9. The Morgan fingerprint density at radius 1 is 0.607 bits per heavy atom. The molecule has 4 rings (SSSR count). The van der Waals surface area contributed by atoms with Gasteiger partial charge in [0.1, 0.15) is 5.21 Å². The van der Waals surface area contributed by atoms with E-state index >= 15 is 0 Å². The minimum absolute atomic E-state index is 0.509. The lowest BCUT2D eigenvalue weighted by Gasteiger charge is -2.14. The van der Waals surface area contributed by atoms with E-state index in [0.717, 1.165) is 33.4 Å². The Morgan fingerprint density at radius 3 is 1.54 bits per heavy atom. The molecule has 0 radical (unpaired) electrons. The fraction of sp³-hybridized carbons (Fsp3) is 0.125. The number of nitrogens with zero attached hydrogens (tertiary/aromatic N) is 3. The van der Waals surface area contributed by atoms with E-state index in [1.807, 2.05) is 93.6 Å². The molecule has 0 spiro atoms. The molecule has 0 fully saturated rings. The molecule has 3 aromatic carbocycles. The summed E-state index contributed by atoms with van der Waals surface area (Å²) in [6.45, 7) is 6.12. The van der Waals surface area contributed by atoms with Crippen molar-refractivity contribution in [3.05, 3.63) is 94.7 Å². The van der Waals surface area contributed by atoms with Crippen molar-refractivity contribution < 1.29 is 4.85 Å². The van der Waals surface area contributed by atoms with Crippen LogP contribution in [0.5, 0.6) is 0 Å². The molecule has 0 aliphatic rings. The van der Waals surface area contributed by atoms with Gasteiger partial charge in [0.25, 0.3) is 0 Å². The normalized spacial score (nSPS) is 10.8. The van der Waals surface area contributed by atoms with Crippen molar-refractivity contribution in [1.29, 1.82) is 0 Å². The second-order valence-electron chi connectivity index (χ2n) is 7.13. The Bertz CT molecular complexity index is 1120. The Morgan fingerprint density at radius 2 is 1.04 bits per heavy atom. The maximum Gasteiger partial charge on any atom is 0.222 e. The fourth-order valence-electron chi connectivity index (χ4n) is 3.26. The highest BCUT2D eigenvalue weighted by Gasteiger charge is 2.24. The van der Waals surface area contributed by atoms with Gasteiger partial charge in [-0.15, -0.1) is 4.85 Å². The van der Waals surface area contributed by atoms with Gasteiger partial charge < -0.3 is 5.21 Å². The van der Waals surface area contributed by atoms with Crippen molar-refractivity contribution in [2.75, 3.05) is 0 Å². The van der Waals surface area contributed by atoms with Gasteiger partial charge in [-0.2, -0.15) is 0 Å². The first kappa shape index (κ1) is 17.9. The molecule has 28 heavy (non-hydrogen) atoms. The summed E-state index contributed by atoms with van der Waals surface area (Å²) in [5.41, 5.74) is 8.16. The number of aromatic nitrogens is 3. The first-order chi connectivity index (χ1) is 13.5. The molecule has 0 atom stereocenters. The smallest absolute Gasteiger partial charge is 0.222 e. The van der Waals surface area contributed by atoms with E-state index in [-0.39, 0.29) is 0 Å². The van der Waals surface area contributed by atoms with Gasteiger partial charge in [-0.25, -0.2) is 0 Å². The van der Waals surface area contributed by atoms with Gasteiger partial charge in [-0.05, 0) is 26.3 Å². The van der Waals surface area contributed by atoms with Gasteiger partial charge in [0.2, 0.25) is 5.69 Å². The van der Waals surface area contributed by atoms with Crippen LogP contribution in [-0.4, -0.2) is 10.3 Å². The van der Waals surface area contributed by atoms with Gasteiger partial charge >= 0.3 is 0 Å². The Kier molecular flexibility index (Phi) is 4.62. The molecule has 4 heteroatoms. The van der Waals surface area contributed by atoms with E-state index in [2.05, 4.69) is 10.3 Å². The van der Waals surface area contributed by atoms with Crippen LogP contribution in [0.1, 0.15) is 16.7 Å². The molecule has 0 saturated heterocycles. The molecule has 0 aliphatic heterocycles. The van der Waals surface area contributed by atoms with E-state index in [0.29, 0.717) is 16.2 Å². The van der Waals surface area contributed by atoms with Gasteiger partial charge in [0.15, 0.2) is 5.69 Å². The largest absolute Gasteiger partial charge is 0.691 e. The zero-order chi connectivity index (χ0) is 19.7. The van der Waals surface area contributed by atoms with Crippen LogP contribution in [0.25, 0.3) is 33.6 Å². The zero-order valence-corrected chi connectivity index (χ0v) is 16.2. The highest BCUT2D eigenvalue weighted by Crippen LogP contribution is 2.36. The van der Waals surface area contributed by atoms with Crippen LogP contribution in [0.15, 0.2) is 72.8 Å². The first-order valence-electron chi connectivity index (χ1n) is 9.24. The number of rotatable bonds is 3. The number of benzene rings is 3. The summed E-state index contributed by atoms with van der Waals surface area (Å²) in [7, 11) is 0. The van der Waals surface area contributed by atoms with E-state index in [9.17, 15) is 5.21 Å². The predicted molar refractivity (Wildman–Crippen MR) is 112 cm³/mol. The lowest BCUT2D eigenvalue weighted by molar-refractivity contribution is -0.663. The maximum atomic E-state index is 12.7. The lowest BCUT2D eigenvalue weighted by atomic mass is 9.94. The second-order valence-corrected chi connectivity index (χ2v) is 7.13. The summed E-state index contributed by atoms with van der Waals surface area (Å²) >= 11 is 0. The summed E-state index contributed by atoms with van der Waals surface area (Å²) in [5.74, 6) is 0. The third kappa shape index (κ3) is 3.37. The van der Waals surface area contributed by atoms with Crippen LogP contribution in [0.4, 0.5) is 0 Å². The van der Waals surface area contributed by atoms with E-state index in [1.165, 1.54) is 5.56 Å². The maximum absolute atomic E-state index is 12.7. The van der Waals surface area contributed by atoms with Gasteiger partial charge in [0.05, 0.1) is 10.7 Å². The number of hydrogen-bond acceptors (Lipinski definition) is 3. The summed E-state index contributed by atoms with van der Waals surface area (Å²) < 4.78 is 0. The van der Waals surface area contributed by atoms with Crippen molar-refractivity contribution >= 4 is 0 Å². The average Bonchev–Trinajstić information content (AvgIpc) is 2.70. The van der Waals surface area contributed by atoms with Crippen molar-refractivity contribution in [3.63, 3.8) is 0 Å². The van der Waals surface area contributed by atoms with Gasteiger partial charge in [-0.3, -0.25) is 0 Å². The Hall–Kier alpha value is -3.53. The molecule has 0 unspecified atom stereocenters. The monoisotopic (exact) mass is 367 g/mol. The quantitative estimate of drug-likeness (QED) is 0.377. The first-order valence-corrected chi connectivity index (χ1v) is 9.24. The third-order valence-corrected chi connectivity index (χ3v) is 4.88. The molecule has 4 aromatic rings. The van der Waals surface area contributed by atoms with Crippen LogP contribution < -0.4 is 4.85 Å². The van der Waals surface area contributed by atoms with Crippen LogP contribution in [0.2, 0.25) is 0 Å². The fourth-order valence-corrected chi connectivity index (χ4v) is 3.26. The van der Waals surface area contributed by atoms with Crippen molar-refractivity contribution in [2.24, 2.45) is 0 Å². The molecule has 0 saturated carbocycles. The van der Waals surface area contributed by atoms with Crippen molar-refractivity contribution in [1.82, 2.24) is 10.3 Å².